The summed E-state index contributed by atoms with van der Waals surface area (Å²) in [4.78, 5) is 13.4. The van der Waals surface area contributed by atoms with Gasteiger partial charge in [-0.3, -0.25) is 9.48 Å². The van der Waals surface area contributed by atoms with Crippen molar-refractivity contribution in [3.63, 3.8) is 0 Å². The van der Waals surface area contributed by atoms with Crippen LogP contribution < -0.4 is 5.32 Å². The molecule has 0 aliphatic carbocycles. The van der Waals surface area contributed by atoms with Gasteiger partial charge in [0.15, 0.2) is 0 Å². The molecule has 6 nitrogen and oxygen atoms in total. The Morgan fingerprint density at radius 2 is 2.24 bits per heavy atom. The third-order valence-corrected chi connectivity index (χ3v) is 4.26. The van der Waals surface area contributed by atoms with E-state index in [2.05, 4.69) is 10.4 Å². The van der Waals surface area contributed by atoms with E-state index in [-0.39, 0.29) is 24.4 Å². The Labute approximate surface area is 146 Å². The van der Waals surface area contributed by atoms with E-state index in [1.54, 1.807) is 35.8 Å². The molecule has 7 heteroatoms. The van der Waals surface area contributed by atoms with Gasteiger partial charge in [-0.2, -0.15) is 5.10 Å². The Morgan fingerprint density at radius 3 is 3.00 bits per heavy atom. The predicted molar refractivity (Wildman–Crippen MR) is 91.4 cm³/mol. The van der Waals surface area contributed by atoms with Crippen LogP contribution in [-0.2, 0) is 29.0 Å². The standard InChI is InChI=1S/C18H23FN4O2/c1-22(2)17(24)12-23-11-14-7-8-25-16(18(14)21-23)10-20-9-13-5-3-4-6-15(13)19/h3-6,11,16,20H,7-10,12H2,1-2H3. The van der Waals surface area contributed by atoms with Crippen molar-refractivity contribution in [2.24, 2.45) is 0 Å². The Balaban J connectivity index is 1.62. The number of benzene rings is 1. The molecule has 2 heterocycles. The van der Waals surface area contributed by atoms with Gasteiger partial charge >= 0.3 is 0 Å². The summed E-state index contributed by atoms with van der Waals surface area (Å²) < 4.78 is 21.1. The number of hydrogen-bond acceptors (Lipinski definition) is 4. The van der Waals surface area contributed by atoms with Crippen molar-refractivity contribution in [1.82, 2.24) is 20.0 Å². The number of ether oxygens (including phenoxy) is 1. The van der Waals surface area contributed by atoms with Gasteiger partial charge in [0.25, 0.3) is 0 Å². The lowest BCUT2D eigenvalue weighted by Gasteiger charge is -2.22. The molecule has 1 N–H and O–H groups in total. The fraction of sp³-hybridized carbons (Fsp3) is 0.444. The van der Waals surface area contributed by atoms with Crippen LogP contribution >= 0.6 is 0 Å². The van der Waals surface area contributed by atoms with Crippen LogP contribution in [-0.4, -0.2) is 47.8 Å². The van der Waals surface area contributed by atoms with E-state index >= 15 is 0 Å². The lowest BCUT2D eigenvalue weighted by atomic mass is 10.1. The molecule has 0 saturated carbocycles. The van der Waals surface area contributed by atoms with Gasteiger partial charge < -0.3 is 15.0 Å². The summed E-state index contributed by atoms with van der Waals surface area (Å²) in [5.74, 6) is -0.221. The summed E-state index contributed by atoms with van der Waals surface area (Å²) in [6.45, 7) is 1.81. The van der Waals surface area contributed by atoms with Gasteiger partial charge in [0.2, 0.25) is 5.91 Å². The monoisotopic (exact) mass is 346 g/mol. The van der Waals surface area contributed by atoms with Crippen LogP contribution in [0.15, 0.2) is 30.5 Å². The molecule has 134 valence electrons. The molecule has 3 rings (SSSR count). The lowest BCUT2D eigenvalue weighted by Crippen LogP contribution is -2.28. The fourth-order valence-electron chi connectivity index (χ4n) is 2.83. The minimum Gasteiger partial charge on any atom is -0.370 e. The van der Waals surface area contributed by atoms with Crippen molar-refractivity contribution in [3.8, 4) is 0 Å². The first-order valence-corrected chi connectivity index (χ1v) is 8.36. The maximum Gasteiger partial charge on any atom is 0.243 e. The van der Waals surface area contributed by atoms with Gasteiger partial charge in [-0.05, 0) is 18.1 Å². The number of carbonyl (C=O) groups excluding carboxylic acids is 1. The van der Waals surface area contributed by atoms with Crippen molar-refractivity contribution < 1.29 is 13.9 Å². The Morgan fingerprint density at radius 1 is 1.44 bits per heavy atom. The van der Waals surface area contributed by atoms with Gasteiger partial charge in [-0.1, -0.05) is 18.2 Å². The lowest BCUT2D eigenvalue weighted by molar-refractivity contribution is -0.129. The highest BCUT2D eigenvalue weighted by Gasteiger charge is 2.25. The highest BCUT2D eigenvalue weighted by atomic mass is 19.1. The summed E-state index contributed by atoms with van der Waals surface area (Å²) in [7, 11) is 3.45. The number of carbonyl (C=O) groups is 1. The van der Waals surface area contributed by atoms with Crippen molar-refractivity contribution in [1.29, 1.82) is 0 Å². The zero-order valence-electron chi connectivity index (χ0n) is 14.5. The van der Waals surface area contributed by atoms with E-state index in [4.69, 9.17) is 4.74 Å². The molecule has 0 saturated heterocycles. The molecular formula is C18H23FN4O2. The summed E-state index contributed by atoms with van der Waals surface area (Å²) in [6, 6.07) is 6.71. The minimum absolute atomic E-state index is 0.00464. The largest absolute Gasteiger partial charge is 0.370 e. The van der Waals surface area contributed by atoms with Gasteiger partial charge in [0.05, 0.1) is 12.3 Å². The van der Waals surface area contributed by atoms with Crippen LogP contribution in [0.5, 0.6) is 0 Å². The molecule has 1 aromatic heterocycles. The van der Waals surface area contributed by atoms with Crippen molar-refractivity contribution in [2.45, 2.75) is 25.6 Å². The molecule has 1 unspecified atom stereocenters. The average molecular weight is 346 g/mol. The van der Waals surface area contributed by atoms with Crippen LogP contribution in [0.25, 0.3) is 0 Å². The van der Waals surface area contributed by atoms with E-state index in [0.29, 0.717) is 25.3 Å². The normalized spacial score (nSPS) is 16.5. The zero-order valence-corrected chi connectivity index (χ0v) is 14.5. The number of hydrogen-bond donors (Lipinski definition) is 1. The summed E-state index contributed by atoms with van der Waals surface area (Å²) in [5, 5.41) is 7.76. The van der Waals surface area contributed by atoms with E-state index in [9.17, 15) is 9.18 Å². The fourth-order valence-corrected chi connectivity index (χ4v) is 2.83. The van der Waals surface area contributed by atoms with Crippen molar-refractivity contribution in [3.05, 3.63) is 53.1 Å². The second-order valence-electron chi connectivity index (χ2n) is 6.36. The molecule has 1 aliphatic rings. The Hall–Kier alpha value is -2.25. The number of halogens is 1. The smallest absolute Gasteiger partial charge is 0.243 e. The van der Waals surface area contributed by atoms with Crippen LogP contribution in [0.2, 0.25) is 0 Å². The number of nitrogens with zero attached hydrogens (tertiary/aromatic N) is 3. The topological polar surface area (TPSA) is 59.4 Å². The van der Waals surface area contributed by atoms with Crippen molar-refractivity contribution >= 4 is 5.91 Å². The van der Waals surface area contributed by atoms with E-state index < -0.39 is 0 Å². The van der Waals surface area contributed by atoms with E-state index in [1.165, 1.54) is 6.07 Å². The minimum atomic E-state index is -0.216. The molecule has 1 aromatic carbocycles. The predicted octanol–water partition coefficient (Wildman–Crippen LogP) is 1.51. The number of likely N-dealkylation sites (N-methyl/N-ethyl adjacent to an activating group) is 1. The molecule has 2 aromatic rings. The number of rotatable bonds is 6. The molecule has 1 amide bonds. The second-order valence-corrected chi connectivity index (χ2v) is 6.36. The quantitative estimate of drug-likeness (QED) is 0.861. The SMILES string of the molecule is CN(C)C(=O)Cn1cc2c(n1)C(CNCc1ccccc1F)OCC2. The second kappa shape index (κ2) is 7.76. The summed E-state index contributed by atoms with van der Waals surface area (Å²) >= 11 is 0. The highest BCUT2D eigenvalue weighted by molar-refractivity contribution is 5.75. The maximum atomic E-state index is 13.7. The summed E-state index contributed by atoms with van der Waals surface area (Å²) in [6.07, 6.45) is 2.52. The number of aromatic nitrogens is 2. The first-order valence-electron chi connectivity index (χ1n) is 8.36. The molecular weight excluding hydrogens is 323 g/mol. The molecule has 0 radical (unpaired) electrons. The molecule has 0 fully saturated rings. The summed E-state index contributed by atoms with van der Waals surface area (Å²) in [5.41, 5.74) is 2.59. The number of nitrogens with one attached hydrogen (secondary N) is 1. The third kappa shape index (κ3) is 4.24. The third-order valence-electron chi connectivity index (χ3n) is 4.26. The van der Waals surface area contributed by atoms with Gasteiger partial charge in [0, 0.05) is 38.9 Å². The Kier molecular flexibility index (Phi) is 5.45. The first-order chi connectivity index (χ1) is 12.0. The van der Waals surface area contributed by atoms with Crippen LogP contribution in [0.4, 0.5) is 4.39 Å². The average Bonchev–Trinajstić information content (AvgIpc) is 2.99. The maximum absolute atomic E-state index is 13.7. The number of fused-ring (bicyclic) bond motifs is 1. The first kappa shape index (κ1) is 17.6. The number of amides is 1. The Bertz CT molecular complexity index is 744. The van der Waals surface area contributed by atoms with Gasteiger partial charge in [-0.15, -0.1) is 0 Å². The van der Waals surface area contributed by atoms with Gasteiger partial charge in [0.1, 0.15) is 18.5 Å². The molecule has 0 spiro atoms. The van der Waals surface area contributed by atoms with E-state index in [0.717, 1.165) is 17.7 Å². The highest BCUT2D eigenvalue weighted by Crippen LogP contribution is 2.25. The van der Waals surface area contributed by atoms with Crippen LogP contribution in [0.3, 0.4) is 0 Å². The zero-order chi connectivity index (χ0) is 17.8. The van der Waals surface area contributed by atoms with Gasteiger partial charge in [-0.25, -0.2) is 4.39 Å². The molecule has 1 aliphatic heterocycles. The molecule has 1 atom stereocenters. The van der Waals surface area contributed by atoms with Crippen molar-refractivity contribution in [2.75, 3.05) is 27.2 Å². The van der Waals surface area contributed by atoms with Crippen LogP contribution in [0.1, 0.15) is 22.9 Å². The molecule has 25 heavy (non-hydrogen) atoms. The molecule has 0 bridgehead atoms. The van der Waals surface area contributed by atoms with Crippen LogP contribution in [0, 0.1) is 5.82 Å². The van der Waals surface area contributed by atoms with E-state index in [1.807, 2.05) is 12.3 Å².